The standard InChI is InChI=1S/C17H18N2OS/c1-10-15(18-16(11-5-6-11)19-17(10)21)12-3-2-4-14(9-12)20-13-7-8-13/h2-4,9,11,13H,5-8H2,1H3,(H,18,19,21). The van der Waals surface area contributed by atoms with Gasteiger partial charge in [-0.3, -0.25) is 0 Å². The first-order valence-corrected chi connectivity index (χ1v) is 7.99. The van der Waals surface area contributed by atoms with Gasteiger partial charge in [-0.05, 0) is 44.7 Å². The Kier molecular flexibility index (Phi) is 3.07. The largest absolute Gasteiger partial charge is 0.490 e. The maximum atomic E-state index is 5.89. The molecule has 0 bridgehead atoms. The van der Waals surface area contributed by atoms with Crippen LogP contribution >= 0.6 is 12.2 Å². The second-order valence-corrected chi connectivity index (χ2v) is 6.43. The van der Waals surface area contributed by atoms with E-state index >= 15 is 0 Å². The number of aromatic amines is 1. The zero-order chi connectivity index (χ0) is 14.4. The van der Waals surface area contributed by atoms with Crippen molar-refractivity contribution in [3.8, 4) is 17.0 Å². The van der Waals surface area contributed by atoms with Crippen LogP contribution in [-0.2, 0) is 0 Å². The summed E-state index contributed by atoms with van der Waals surface area (Å²) in [5, 5.41) is 0. The van der Waals surface area contributed by atoms with Gasteiger partial charge in [0.05, 0.1) is 11.8 Å². The lowest BCUT2D eigenvalue weighted by molar-refractivity contribution is 0.303. The molecule has 0 spiro atoms. The summed E-state index contributed by atoms with van der Waals surface area (Å²) in [5.74, 6) is 2.55. The average Bonchev–Trinajstić information content (AvgIpc) is 3.35. The Balaban J connectivity index is 1.75. The number of nitrogens with one attached hydrogen (secondary N) is 1. The molecular formula is C17H18N2OS. The SMILES string of the molecule is Cc1c(-c2cccc(OC3CC3)c2)[nH]c(C2CC2)nc1=S. The Morgan fingerprint density at radius 2 is 2.05 bits per heavy atom. The molecule has 108 valence electrons. The third kappa shape index (κ3) is 2.72. The van der Waals surface area contributed by atoms with E-state index < -0.39 is 0 Å². The van der Waals surface area contributed by atoms with Crippen LogP contribution in [0.1, 0.15) is 43.0 Å². The van der Waals surface area contributed by atoms with Gasteiger partial charge in [-0.2, -0.15) is 0 Å². The highest BCUT2D eigenvalue weighted by atomic mass is 32.1. The fraction of sp³-hybridized carbons (Fsp3) is 0.412. The summed E-state index contributed by atoms with van der Waals surface area (Å²) in [7, 11) is 0. The van der Waals surface area contributed by atoms with Crippen LogP contribution in [0.15, 0.2) is 24.3 Å². The van der Waals surface area contributed by atoms with Crippen molar-refractivity contribution in [1.29, 1.82) is 0 Å². The van der Waals surface area contributed by atoms with Crippen LogP contribution in [0.5, 0.6) is 5.75 Å². The minimum atomic E-state index is 0.416. The van der Waals surface area contributed by atoms with Crippen LogP contribution in [0.25, 0.3) is 11.3 Å². The number of aromatic nitrogens is 2. The van der Waals surface area contributed by atoms with Crippen LogP contribution in [0, 0.1) is 11.6 Å². The molecule has 21 heavy (non-hydrogen) atoms. The molecule has 1 N–H and O–H groups in total. The lowest BCUT2D eigenvalue weighted by Crippen LogP contribution is -2.00. The highest BCUT2D eigenvalue weighted by Crippen LogP contribution is 2.39. The molecule has 2 saturated carbocycles. The van der Waals surface area contributed by atoms with Crippen molar-refractivity contribution < 1.29 is 4.74 Å². The first-order valence-electron chi connectivity index (χ1n) is 7.58. The molecule has 0 atom stereocenters. The number of benzene rings is 1. The average molecular weight is 298 g/mol. The third-order valence-corrected chi connectivity index (χ3v) is 4.48. The molecule has 0 amide bonds. The highest BCUT2D eigenvalue weighted by Gasteiger charge is 2.27. The second kappa shape index (κ2) is 4.95. The normalized spacial score (nSPS) is 17.8. The Morgan fingerprint density at radius 1 is 1.24 bits per heavy atom. The molecule has 0 unspecified atom stereocenters. The van der Waals surface area contributed by atoms with Crippen molar-refractivity contribution in [3.63, 3.8) is 0 Å². The summed E-state index contributed by atoms with van der Waals surface area (Å²) in [6.45, 7) is 2.03. The summed E-state index contributed by atoms with van der Waals surface area (Å²) in [6, 6.07) is 8.27. The lowest BCUT2D eigenvalue weighted by Gasteiger charge is -2.11. The Labute approximate surface area is 129 Å². The van der Waals surface area contributed by atoms with E-state index in [-0.39, 0.29) is 0 Å². The monoisotopic (exact) mass is 298 g/mol. The predicted molar refractivity (Wildman–Crippen MR) is 85.2 cm³/mol. The molecule has 2 fully saturated rings. The molecular weight excluding hydrogens is 280 g/mol. The summed E-state index contributed by atoms with van der Waals surface area (Å²) in [4.78, 5) is 8.02. The third-order valence-electron chi connectivity index (χ3n) is 4.08. The number of rotatable bonds is 4. The molecule has 0 saturated heterocycles. The van der Waals surface area contributed by atoms with E-state index in [0.29, 0.717) is 16.7 Å². The smallest absolute Gasteiger partial charge is 0.133 e. The summed E-state index contributed by atoms with van der Waals surface area (Å²) in [5.41, 5.74) is 3.25. The molecule has 2 aromatic rings. The molecule has 0 aliphatic heterocycles. The van der Waals surface area contributed by atoms with E-state index in [0.717, 1.165) is 28.4 Å². The fourth-order valence-electron chi connectivity index (χ4n) is 2.49. The fourth-order valence-corrected chi connectivity index (χ4v) is 2.69. The zero-order valence-electron chi connectivity index (χ0n) is 12.1. The van der Waals surface area contributed by atoms with Crippen LogP contribution in [0.4, 0.5) is 0 Å². The first-order chi connectivity index (χ1) is 10.2. The maximum Gasteiger partial charge on any atom is 0.133 e. The van der Waals surface area contributed by atoms with Gasteiger partial charge in [-0.25, -0.2) is 4.98 Å². The van der Waals surface area contributed by atoms with Crippen LogP contribution in [0.2, 0.25) is 0 Å². The van der Waals surface area contributed by atoms with Crippen LogP contribution < -0.4 is 4.74 Å². The molecule has 4 rings (SSSR count). The van der Waals surface area contributed by atoms with Gasteiger partial charge in [0.2, 0.25) is 0 Å². The van der Waals surface area contributed by atoms with E-state index in [1.54, 1.807) is 0 Å². The van der Waals surface area contributed by atoms with Crippen LogP contribution in [0.3, 0.4) is 0 Å². The Morgan fingerprint density at radius 3 is 2.76 bits per heavy atom. The van der Waals surface area contributed by atoms with Gasteiger partial charge in [0.1, 0.15) is 16.2 Å². The van der Waals surface area contributed by atoms with Gasteiger partial charge < -0.3 is 9.72 Å². The number of H-pyrrole nitrogens is 1. The molecule has 4 heteroatoms. The van der Waals surface area contributed by atoms with Crippen LogP contribution in [-0.4, -0.2) is 16.1 Å². The van der Waals surface area contributed by atoms with E-state index in [1.165, 1.54) is 25.7 Å². The van der Waals surface area contributed by atoms with E-state index in [1.807, 2.05) is 19.1 Å². The van der Waals surface area contributed by atoms with Gasteiger partial charge in [0, 0.05) is 17.0 Å². The molecule has 3 nitrogen and oxygen atoms in total. The lowest BCUT2D eigenvalue weighted by atomic mass is 10.1. The quantitative estimate of drug-likeness (QED) is 0.842. The first kappa shape index (κ1) is 13.0. The minimum Gasteiger partial charge on any atom is -0.490 e. The summed E-state index contributed by atoms with van der Waals surface area (Å²) in [6.07, 6.45) is 5.19. The van der Waals surface area contributed by atoms with Crippen molar-refractivity contribution >= 4 is 12.2 Å². The maximum absolute atomic E-state index is 5.89. The van der Waals surface area contributed by atoms with Crippen molar-refractivity contribution in [2.45, 2.75) is 44.6 Å². The molecule has 1 aromatic carbocycles. The second-order valence-electron chi connectivity index (χ2n) is 6.05. The molecule has 0 radical (unpaired) electrons. The van der Waals surface area contributed by atoms with Gasteiger partial charge in [-0.1, -0.05) is 24.4 Å². The topological polar surface area (TPSA) is 37.9 Å². The number of hydrogen-bond donors (Lipinski definition) is 1. The summed E-state index contributed by atoms with van der Waals surface area (Å²) >= 11 is 5.43. The molecule has 2 aliphatic carbocycles. The summed E-state index contributed by atoms with van der Waals surface area (Å²) < 4.78 is 6.60. The van der Waals surface area contributed by atoms with E-state index in [9.17, 15) is 0 Å². The van der Waals surface area contributed by atoms with Crippen molar-refractivity contribution in [3.05, 3.63) is 40.3 Å². The van der Waals surface area contributed by atoms with Gasteiger partial charge in [0.25, 0.3) is 0 Å². The van der Waals surface area contributed by atoms with Gasteiger partial charge in [0.15, 0.2) is 0 Å². The van der Waals surface area contributed by atoms with E-state index in [4.69, 9.17) is 17.0 Å². The van der Waals surface area contributed by atoms with Crippen molar-refractivity contribution in [2.24, 2.45) is 0 Å². The minimum absolute atomic E-state index is 0.416. The van der Waals surface area contributed by atoms with E-state index in [2.05, 4.69) is 22.1 Å². The Hall–Kier alpha value is -1.68. The number of nitrogens with zero attached hydrogens (tertiary/aromatic N) is 1. The number of hydrogen-bond acceptors (Lipinski definition) is 3. The highest BCUT2D eigenvalue weighted by molar-refractivity contribution is 7.71. The van der Waals surface area contributed by atoms with Gasteiger partial charge in [-0.15, -0.1) is 0 Å². The van der Waals surface area contributed by atoms with Crippen molar-refractivity contribution in [2.75, 3.05) is 0 Å². The van der Waals surface area contributed by atoms with Crippen molar-refractivity contribution in [1.82, 2.24) is 9.97 Å². The number of ether oxygens (including phenoxy) is 1. The van der Waals surface area contributed by atoms with Gasteiger partial charge >= 0.3 is 0 Å². The zero-order valence-corrected chi connectivity index (χ0v) is 12.9. The molecule has 1 heterocycles. The Bertz CT molecular complexity index is 745. The predicted octanol–water partition coefficient (Wildman–Crippen LogP) is 4.53. The molecule has 2 aliphatic rings. The molecule has 1 aromatic heterocycles.